The van der Waals surface area contributed by atoms with Crippen LogP contribution in [0.3, 0.4) is 0 Å². The number of likely N-dealkylation sites (N-methyl/N-ethyl adjacent to an activating group) is 1. The van der Waals surface area contributed by atoms with Crippen molar-refractivity contribution >= 4 is 0 Å². The summed E-state index contributed by atoms with van der Waals surface area (Å²) >= 11 is 0. The van der Waals surface area contributed by atoms with E-state index in [1.165, 1.54) is 0 Å². The molecule has 0 amide bonds. The van der Waals surface area contributed by atoms with E-state index in [2.05, 4.69) is 11.0 Å². The van der Waals surface area contributed by atoms with Gasteiger partial charge in [0.15, 0.2) is 0 Å². The molecule has 1 unspecified atom stereocenters. The third kappa shape index (κ3) is 5.54. The Hall–Kier alpha value is -0.590. The Kier molecular flexibility index (Phi) is 4.91. The highest BCUT2D eigenvalue weighted by Gasteiger charge is 1.99. The average Bonchev–Trinajstić information content (AvgIpc) is 1.82. The first-order valence-corrected chi connectivity index (χ1v) is 3.48. The first-order valence-electron chi connectivity index (χ1n) is 3.48. The van der Waals surface area contributed by atoms with Crippen molar-refractivity contribution in [1.82, 2.24) is 4.90 Å². The van der Waals surface area contributed by atoms with Crippen LogP contribution in [0.2, 0.25) is 0 Å². The largest absolute Gasteiger partial charge is 0.327 e. The van der Waals surface area contributed by atoms with Crippen molar-refractivity contribution in [3.05, 3.63) is 0 Å². The lowest BCUT2D eigenvalue weighted by molar-refractivity contribution is 0.324. The fraction of sp³-hybridized carbons (Fsp3) is 0.857. The first-order chi connectivity index (χ1) is 4.66. The zero-order chi connectivity index (χ0) is 7.98. The second kappa shape index (κ2) is 5.21. The Bertz CT molecular complexity index is 115. The lowest BCUT2D eigenvalue weighted by Crippen LogP contribution is -2.33. The maximum Gasteiger partial charge on any atom is 0.0635 e. The molecule has 2 N–H and O–H groups in total. The summed E-state index contributed by atoms with van der Waals surface area (Å²) in [5.41, 5.74) is 5.54. The first kappa shape index (κ1) is 9.41. The Morgan fingerprint density at radius 3 is 2.70 bits per heavy atom. The summed E-state index contributed by atoms with van der Waals surface area (Å²) in [6.45, 7) is 3.64. The van der Waals surface area contributed by atoms with Crippen LogP contribution in [0.1, 0.15) is 13.3 Å². The maximum absolute atomic E-state index is 8.24. The number of nitrogens with two attached hydrogens (primary N) is 1. The quantitative estimate of drug-likeness (QED) is 0.607. The zero-order valence-corrected chi connectivity index (χ0v) is 6.67. The topological polar surface area (TPSA) is 53.0 Å². The van der Waals surface area contributed by atoms with Gasteiger partial charge in [0.05, 0.1) is 6.07 Å². The molecule has 0 aromatic heterocycles. The van der Waals surface area contributed by atoms with Crippen molar-refractivity contribution in [3.63, 3.8) is 0 Å². The van der Waals surface area contributed by atoms with Crippen molar-refractivity contribution in [2.45, 2.75) is 19.4 Å². The second-order valence-corrected chi connectivity index (χ2v) is 2.65. The van der Waals surface area contributed by atoms with Gasteiger partial charge in [-0.3, -0.25) is 0 Å². The standard InChI is InChI=1S/C7H15N3/c1-7(9)6-10(2)5-3-4-8/h7H,3,5-6,9H2,1-2H3. The van der Waals surface area contributed by atoms with E-state index in [4.69, 9.17) is 11.0 Å². The molecule has 10 heavy (non-hydrogen) atoms. The van der Waals surface area contributed by atoms with Crippen LogP contribution in [0.5, 0.6) is 0 Å². The number of hydrogen-bond acceptors (Lipinski definition) is 3. The van der Waals surface area contributed by atoms with Crippen LogP contribution in [0, 0.1) is 11.3 Å². The molecule has 3 heteroatoms. The molecule has 0 bridgehead atoms. The molecule has 58 valence electrons. The van der Waals surface area contributed by atoms with Crippen LogP contribution in [0.25, 0.3) is 0 Å². The molecule has 0 aromatic carbocycles. The minimum atomic E-state index is 0.198. The smallest absolute Gasteiger partial charge is 0.0635 e. The van der Waals surface area contributed by atoms with Gasteiger partial charge in [-0.25, -0.2) is 0 Å². The molecule has 0 saturated heterocycles. The lowest BCUT2D eigenvalue weighted by atomic mass is 10.3. The van der Waals surface area contributed by atoms with Gasteiger partial charge in [0.25, 0.3) is 0 Å². The van der Waals surface area contributed by atoms with Gasteiger partial charge >= 0.3 is 0 Å². The minimum absolute atomic E-state index is 0.198. The van der Waals surface area contributed by atoms with E-state index in [1.807, 2.05) is 14.0 Å². The van der Waals surface area contributed by atoms with Crippen molar-refractivity contribution < 1.29 is 0 Å². The van der Waals surface area contributed by atoms with Gasteiger partial charge in [-0.1, -0.05) is 0 Å². The molecular weight excluding hydrogens is 126 g/mol. The summed E-state index contributed by atoms with van der Waals surface area (Å²) < 4.78 is 0. The molecule has 0 aliphatic rings. The lowest BCUT2D eigenvalue weighted by Gasteiger charge is -2.16. The van der Waals surface area contributed by atoms with Crippen molar-refractivity contribution in [2.24, 2.45) is 5.73 Å². The predicted molar refractivity (Wildman–Crippen MR) is 41.4 cm³/mol. The molecule has 0 aliphatic carbocycles. The van der Waals surface area contributed by atoms with Crippen LogP contribution in [-0.4, -0.2) is 31.1 Å². The molecule has 1 atom stereocenters. The van der Waals surface area contributed by atoms with E-state index < -0.39 is 0 Å². The molecule has 0 fully saturated rings. The molecule has 3 nitrogen and oxygen atoms in total. The second-order valence-electron chi connectivity index (χ2n) is 2.65. The van der Waals surface area contributed by atoms with Gasteiger partial charge in [-0.05, 0) is 14.0 Å². The third-order valence-corrected chi connectivity index (χ3v) is 1.20. The normalized spacial score (nSPS) is 13.1. The van der Waals surface area contributed by atoms with Gasteiger partial charge in [-0.15, -0.1) is 0 Å². The van der Waals surface area contributed by atoms with Crippen LogP contribution in [0.4, 0.5) is 0 Å². The highest BCUT2D eigenvalue weighted by molar-refractivity contribution is 4.71. The molecular formula is C7H15N3. The zero-order valence-electron chi connectivity index (χ0n) is 6.67. The van der Waals surface area contributed by atoms with E-state index in [1.54, 1.807) is 0 Å². The fourth-order valence-corrected chi connectivity index (χ4v) is 0.824. The summed E-state index contributed by atoms with van der Waals surface area (Å²) in [5.74, 6) is 0. The van der Waals surface area contributed by atoms with Gasteiger partial charge in [0.1, 0.15) is 0 Å². The van der Waals surface area contributed by atoms with Crippen LogP contribution >= 0.6 is 0 Å². The molecule has 0 spiro atoms. The number of nitriles is 1. The maximum atomic E-state index is 8.24. The van der Waals surface area contributed by atoms with Crippen molar-refractivity contribution in [2.75, 3.05) is 20.1 Å². The van der Waals surface area contributed by atoms with Crippen LogP contribution in [-0.2, 0) is 0 Å². The highest BCUT2D eigenvalue weighted by atomic mass is 15.1. The Morgan fingerprint density at radius 1 is 1.70 bits per heavy atom. The molecule has 0 saturated carbocycles. The van der Waals surface area contributed by atoms with Gasteiger partial charge in [-0.2, -0.15) is 5.26 Å². The van der Waals surface area contributed by atoms with E-state index in [0.29, 0.717) is 6.42 Å². The molecule has 0 heterocycles. The monoisotopic (exact) mass is 141 g/mol. The molecule has 0 rings (SSSR count). The Labute approximate surface area is 62.4 Å². The molecule has 0 radical (unpaired) electrons. The van der Waals surface area contributed by atoms with Crippen molar-refractivity contribution in [3.8, 4) is 6.07 Å². The van der Waals surface area contributed by atoms with E-state index in [-0.39, 0.29) is 6.04 Å². The average molecular weight is 141 g/mol. The predicted octanol–water partition coefficient (Wildman–Crippen LogP) is 0.179. The Balaban J connectivity index is 3.27. The summed E-state index contributed by atoms with van der Waals surface area (Å²) in [7, 11) is 1.97. The summed E-state index contributed by atoms with van der Waals surface area (Å²) in [6, 6.07) is 2.29. The van der Waals surface area contributed by atoms with Crippen molar-refractivity contribution in [1.29, 1.82) is 5.26 Å². The summed E-state index contributed by atoms with van der Waals surface area (Å²) in [6.07, 6.45) is 0.587. The minimum Gasteiger partial charge on any atom is -0.327 e. The summed E-state index contributed by atoms with van der Waals surface area (Å²) in [5, 5.41) is 8.24. The van der Waals surface area contributed by atoms with Gasteiger partial charge in [0.2, 0.25) is 0 Å². The number of rotatable bonds is 4. The molecule has 0 aromatic rings. The van der Waals surface area contributed by atoms with Gasteiger partial charge in [0, 0.05) is 25.6 Å². The number of hydrogen-bond donors (Lipinski definition) is 1. The fourth-order valence-electron chi connectivity index (χ4n) is 0.824. The van der Waals surface area contributed by atoms with E-state index >= 15 is 0 Å². The summed E-state index contributed by atoms with van der Waals surface area (Å²) in [4.78, 5) is 2.06. The third-order valence-electron chi connectivity index (χ3n) is 1.20. The number of nitrogens with zero attached hydrogens (tertiary/aromatic N) is 2. The SMILES string of the molecule is CC(N)CN(C)CCC#N. The molecule has 0 aliphatic heterocycles. The van der Waals surface area contributed by atoms with E-state index in [0.717, 1.165) is 13.1 Å². The Morgan fingerprint density at radius 2 is 2.30 bits per heavy atom. The van der Waals surface area contributed by atoms with Crippen LogP contribution in [0.15, 0.2) is 0 Å². The van der Waals surface area contributed by atoms with Crippen LogP contribution < -0.4 is 5.73 Å². The van der Waals surface area contributed by atoms with Gasteiger partial charge < -0.3 is 10.6 Å². The van der Waals surface area contributed by atoms with E-state index in [9.17, 15) is 0 Å². The highest BCUT2D eigenvalue weighted by Crippen LogP contribution is 1.87.